The summed E-state index contributed by atoms with van der Waals surface area (Å²) < 4.78 is 23.9. The first-order chi connectivity index (χ1) is 9.58. The molecular weight excluding hydrogens is 318 g/mol. The van der Waals surface area contributed by atoms with Crippen molar-refractivity contribution < 1.29 is 13.3 Å². The molecule has 2 aromatic rings. The van der Waals surface area contributed by atoms with Gasteiger partial charge in [0.25, 0.3) is 0 Å². The van der Waals surface area contributed by atoms with E-state index in [0.717, 1.165) is 4.88 Å². The summed E-state index contributed by atoms with van der Waals surface area (Å²) in [6.45, 7) is 0.00678. The van der Waals surface area contributed by atoms with E-state index in [1.54, 1.807) is 18.3 Å². The molecule has 1 aromatic carbocycles. The van der Waals surface area contributed by atoms with E-state index < -0.39 is 9.84 Å². The van der Waals surface area contributed by atoms with Crippen molar-refractivity contribution in [1.29, 1.82) is 0 Å². The highest BCUT2D eigenvalue weighted by Crippen LogP contribution is 2.15. The topological polar surface area (TPSA) is 55.7 Å². The minimum absolute atomic E-state index is 0.00678. The molecule has 0 radical (unpaired) electrons. The SMILES string of the molecule is O=S(=O)(CCO/N=C/c1cccs1)c1ccc(Cl)cc1. The van der Waals surface area contributed by atoms with Crippen LogP contribution in [0.2, 0.25) is 5.02 Å². The van der Waals surface area contributed by atoms with Crippen LogP contribution in [0.5, 0.6) is 0 Å². The van der Waals surface area contributed by atoms with Crippen LogP contribution in [0.25, 0.3) is 0 Å². The van der Waals surface area contributed by atoms with Gasteiger partial charge in [-0.3, -0.25) is 0 Å². The molecule has 0 aliphatic carbocycles. The lowest BCUT2D eigenvalue weighted by Gasteiger charge is -2.03. The van der Waals surface area contributed by atoms with Gasteiger partial charge in [-0.2, -0.15) is 0 Å². The number of halogens is 1. The van der Waals surface area contributed by atoms with Gasteiger partial charge in [0.2, 0.25) is 0 Å². The van der Waals surface area contributed by atoms with Crippen molar-refractivity contribution >= 4 is 39.0 Å². The third-order valence-electron chi connectivity index (χ3n) is 2.41. The number of nitrogens with zero attached hydrogens (tertiary/aromatic N) is 1. The first-order valence-electron chi connectivity index (χ1n) is 5.75. The fourth-order valence-electron chi connectivity index (χ4n) is 1.41. The summed E-state index contributed by atoms with van der Waals surface area (Å²) in [7, 11) is -3.37. The van der Waals surface area contributed by atoms with Crippen molar-refractivity contribution in [2.75, 3.05) is 12.4 Å². The monoisotopic (exact) mass is 329 g/mol. The van der Waals surface area contributed by atoms with Gasteiger partial charge in [0.1, 0.15) is 6.61 Å². The van der Waals surface area contributed by atoms with E-state index in [1.165, 1.54) is 23.5 Å². The molecule has 0 unspecified atom stereocenters. The van der Waals surface area contributed by atoms with Crippen LogP contribution in [0.15, 0.2) is 51.8 Å². The summed E-state index contributed by atoms with van der Waals surface area (Å²) in [5.74, 6) is -0.129. The van der Waals surface area contributed by atoms with E-state index in [9.17, 15) is 8.42 Å². The number of sulfone groups is 1. The van der Waals surface area contributed by atoms with E-state index >= 15 is 0 Å². The number of benzene rings is 1. The average Bonchev–Trinajstić information content (AvgIpc) is 2.92. The van der Waals surface area contributed by atoms with Gasteiger partial charge in [-0.1, -0.05) is 22.8 Å². The predicted octanol–water partition coefficient (Wildman–Crippen LogP) is 3.23. The Morgan fingerprint density at radius 1 is 1.25 bits per heavy atom. The fourth-order valence-corrected chi connectivity index (χ4v) is 3.20. The molecule has 1 aromatic heterocycles. The highest BCUT2D eigenvalue weighted by Gasteiger charge is 2.14. The largest absolute Gasteiger partial charge is 0.395 e. The number of rotatable bonds is 6. The van der Waals surface area contributed by atoms with Crippen LogP contribution in [0.3, 0.4) is 0 Å². The molecule has 0 aliphatic heterocycles. The quantitative estimate of drug-likeness (QED) is 0.464. The Morgan fingerprint density at radius 3 is 2.65 bits per heavy atom. The second-order valence-electron chi connectivity index (χ2n) is 3.86. The van der Waals surface area contributed by atoms with E-state index in [1.807, 2.05) is 17.5 Å². The number of hydrogen-bond acceptors (Lipinski definition) is 5. The standard InChI is InChI=1S/C13H12ClNO3S2/c14-11-3-5-13(6-4-11)20(16,17)9-7-18-15-10-12-2-1-8-19-12/h1-6,8,10H,7,9H2/b15-10+. The maximum atomic E-state index is 12.0. The Balaban J connectivity index is 1.85. The second-order valence-corrected chi connectivity index (χ2v) is 7.38. The highest BCUT2D eigenvalue weighted by molar-refractivity contribution is 7.91. The molecule has 4 nitrogen and oxygen atoms in total. The van der Waals surface area contributed by atoms with Gasteiger partial charge < -0.3 is 4.84 Å². The summed E-state index contributed by atoms with van der Waals surface area (Å²) in [5, 5.41) is 6.15. The maximum Gasteiger partial charge on any atom is 0.181 e. The lowest BCUT2D eigenvalue weighted by molar-refractivity contribution is 0.162. The third-order valence-corrected chi connectivity index (χ3v) is 5.17. The Bertz CT molecular complexity index is 664. The van der Waals surface area contributed by atoms with Crippen molar-refractivity contribution in [3.8, 4) is 0 Å². The lowest BCUT2D eigenvalue weighted by Crippen LogP contribution is -2.11. The lowest BCUT2D eigenvalue weighted by atomic mass is 10.4. The van der Waals surface area contributed by atoms with E-state index in [-0.39, 0.29) is 17.3 Å². The zero-order chi connectivity index (χ0) is 14.4. The van der Waals surface area contributed by atoms with Gasteiger partial charge in [-0.15, -0.1) is 11.3 Å². The van der Waals surface area contributed by atoms with Crippen molar-refractivity contribution in [1.82, 2.24) is 0 Å². The minimum atomic E-state index is -3.37. The van der Waals surface area contributed by atoms with Crippen LogP contribution in [0.1, 0.15) is 4.88 Å². The predicted molar refractivity (Wildman–Crippen MR) is 81.4 cm³/mol. The Hall–Kier alpha value is -1.37. The first-order valence-corrected chi connectivity index (χ1v) is 8.66. The summed E-state index contributed by atoms with van der Waals surface area (Å²) in [5.41, 5.74) is 0. The molecule has 20 heavy (non-hydrogen) atoms. The summed E-state index contributed by atoms with van der Waals surface area (Å²) >= 11 is 7.24. The van der Waals surface area contributed by atoms with Gasteiger partial charge in [-0.25, -0.2) is 8.42 Å². The normalized spacial score (nSPS) is 11.8. The molecule has 0 bridgehead atoms. The van der Waals surface area contributed by atoms with Gasteiger partial charge in [0.05, 0.1) is 16.9 Å². The molecule has 0 saturated heterocycles. The van der Waals surface area contributed by atoms with Gasteiger partial charge >= 0.3 is 0 Å². The molecule has 106 valence electrons. The Kier molecular flexibility index (Phi) is 5.17. The zero-order valence-electron chi connectivity index (χ0n) is 10.4. The second kappa shape index (κ2) is 6.88. The summed E-state index contributed by atoms with van der Waals surface area (Å²) in [6.07, 6.45) is 1.56. The molecule has 0 aliphatic rings. The Labute approximate surface area is 126 Å². The number of oxime groups is 1. The number of thiophene rings is 1. The molecule has 2 rings (SSSR count). The van der Waals surface area contributed by atoms with Gasteiger partial charge in [0.15, 0.2) is 9.84 Å². The molecule has 1 heterocycles. The maximum absolute atomic E-state index is 12.0. The van der Waals surface area contributed by atoms with Crippen LogP contribution in [0.4, 0.5) is 0 Å². The van der Waals surface area contributed by atoms with Crippen LogP contribution >= 0.6 is 22.9 Å². The third kappa shape index (κ3) is 4.33. The molecule has 7 heteroatoms. The van der Waals surface area contributed by atoms with Crippen molar-refractivity contribution in [2.45, 2.75) is 4.90 Å². The van der Waals surface area contributed by atoms with Crippen LogP contribution in [-0.4, -0.2) is 27.0 Å². The minimum Gasteiger partial charge on any atom is -0.395 e. The summed E-state index contributed by atoms with van der Waals surface area (Å²) in [6, 6.07) is 9.84. The van der Waals surface area contributed by atoms with E-state index in [4.69, 9.17) is 16.4 Å². The first kappa shape index (κ1) is 15.0. The van der Waals surface area contributed by atoms with Crippen molar-refractivity contribution in [3.05, 3.63) is 51.7 Å². The fraction of sp³-hybridized carbons (Fsp3) is 0.154. The molecule has 0 amide bonds. The molecule has 0 saturated carbocycles. The van der Waals surface area contributed by atoms with Crippen LogP contribution in [0, 0.1) is 0 Å². The molecule has 0 fully saturated rings. The summed E-state index contributed by atoms with van der Waals surface area (Å²) in [4.78, 5) is 6.14. The van der Waals surface area contributed by atoms with Crippen LogP contribution < -0.4 is 0 Å². The molecule has 0 spiro atoms. The molecule has 0 N–H and O–H groups in total. The Morgan fingerprint density at radius 2 is 2.00 bits per heavy atom. The zero-order valence-corrected chi connectivity index (χ0v) is 12.8. The number of hydrogen-bond donors (Lipinski definition) is 0. The van der Waals surface area contributed by atoms with Crippen LogP contribution in [-0.2, 0) is 14.7 Å². The molecular formula is C13H12ClNO3S2. The van der Waals surface area contributed by atoms with Crippen molar-refractivity contribution in [3.63, 3.8) is 0 Å². The van der Waals surface area contributed by atoms with E-state index in [2.05, 4.69) is 5.16 Å². The smallest absolute Gasteiger partial charge is 0.181 e. The van der Waals surface area contributed by atoms with E-state index in [0.29, 0.717) is 5.02 Å². The van der Waals surface area contributed by atoms with Gasteiger partial charge in [-0.05, 0) is 35.7 Å². The van der Waals surface area contributed by atoms with Gasteiger partial charge in [0, 0.05) is 9.90 Å². The molecule has 0 atom stereocenters. The van der Waals surface area contributed by atoms with Crippen molar-refractivity contribution in [2.24, 2.45) is 5.16 Å². The highest BCUT2D eigenvalue weighted by atomic mass is 35.5. The average molecular weight is 330 g/mol.